The highest BCUT2D eigenvalue weighted by atomic mass is 35.5. The number of halogens is 2. The summed E-state index contributed by atoms with van der Waals surface area (Å²) >= 11 is 13.3. The molecule has 40 heavy (non-hydrogen) atoms. The molecular formula is C32H27Cl2N3O3. The van der Waals surface area contributed by atoms with Gasteiger partial charge in [-0.25, -0.2) is 4.98 Å². The number of rotatable bonds is 8. The maximum Gasteiger partial charge on any atom is 0.232 e. The van der Waals surface area contributed by atoms with Gasteiger partial charge in [-0.1, -0.05) is 71.7 Å². The lowest BCUT2D eigenvalue weighted by molar-refractivity contribution is -0.117. The van der Waals surface area contributed by atoms with Crippen LogP contribution in [-0.4, -0.2) is 28.3 Å². The van der Waals surface area contributed by atoms with E-state index in [0.717, 1.165) is 16.6 Å². The first-order valence-corrected chi connectivity index (χ1v) is 13.5. The largest absolute Gasteiger partial charge is 0.487 e. The van der Waals surface area contributed by atoms with Crippen LogP contribution in [0.15, 0.2) is 84.9 Å². The quantitative estimate of drug-likeness (QED) is 0.185. The summed E-state index contributed by atoms with van der Waals surface area (Å²) in [7, 11) is 3.45. The Labute approximate surface area is 242 Å². The third-order valence-corrected chi connectivity index (χ3v) is 7.70. The zero-order chi connectivity index (χ0) is 28.4. The third-order valence-electron chi connectivity index (χ3n) is 6.92. The van der Waals surface area contributed by atoms with Crippen molar-refractivity contribution >= 4 is 51.5 Å². The van der Waals surface area contributed by atoms with Crippen molar-refractivity contribution in [1.82, 2.24) is 9.55 Å². The topological polar surface area (TPSA) is 64.4 Å². The molecule has 0 atom stereocenters. The smallest absolute Gasteiger partial charge is 0.232 e. The molecule has 0 fully saturated rings. The van der Waals surface area contributed by atoms with Gasteiger partial charge in [-0.05, 0) is 43.3 Å². The molecule has 5 rings (SSSR count). The van der Waals surface area contributed by atoms with Crippen LogP contribution in [0.2, 0.25) is 10.0 Å². The zero-order valence-electron chi connectivity index (χ0n) is 22.3. The molecule has 0 aliphatic heterocycles. The van der Waals surface area contributed by atoms with Crippen molar-refractivity contribution in [3.63, 3.8) is 0 Å². The van der Waals surface area contributed by atoms with E-state index < -0.39 is 0 Å². The lowest BCUT2D eigenvalue weighted by atomic mass is 10.1. The van der Waals surface area contributed by atoms with Crippen LogP contribution in [-0.2, 0) is 24.9 Å². The van der Waals surface area contributed by atoms with Crippen LogP contribution < -0.4 is 9.64 Å². The van der Waals surface area contributed by atoms with E-state index >= 15 is 0 Å². The summed E-state index contributed by atoms with van der Waals surface area (Å²) < 4.78 is 7.87. The van der Waals surface area contributed by atoms with E-state index in [0.29, 0.717) is 44.0 Å². The Bertz CT molecular complexity index is 1730. The number of carbonyl (C=O) groups is 2. The lowest BCUT2D eigenvalue weighted by Crippen LogP contribution is -2.29. The second-order valence-corrected chi connectivity index (χ2v) is 10.3. The Morgan fingerprint density at radius 2 is 1.70 bits per heavy atom. The minimum absolute atomic E-state index is 0.0842. The van der Waals surface area contributed by atoms with Crippen LogP contribution in [0.25, 0.3) is 10.9 Å². The summed E-state index contributed by atoms with van der Waals surface area (Å²) in [5.41, 5.74) is 4.54. The van der Waals surface area contributed by atoms with Gasteiger partial charge >= 0.3 is 0 Å². The van der Waals surface area contributed by atoms with Gasteiger partial charge in [-0.15, -0.1) is 0 Å². The number of likely N-dealkylation sites (N-methyl/N-ethyl adjacent to an activating group) is 1. The van der Waals surface area contributed by atoms with Crippen LogP contribution in [0, 0.1) is 6.92 Å². The molecule has 0 saturated heterocycles. The predicted molar refractivity (Wildman–Crippen MR) is 160 cm³/mol. The van der Waals surface area contributed by atoms with Crippen LogP contribution in [0.1, 0.15) is 33.0 Å². The van der Waals surface area contributed by atoms with Gasteiger partial charge in [-0.3, -0.25) is 9.59 Å². The molecule has 202 valence electrons. The number of hydrogen-bond donors (Lipinski definition) is 0. The monoisotopic (exact) mass is 571 g/mol. The second-order valence-electron chi connectivity index (χ2n) is 9.52. The first-order chi connectivity index (χ1) is 19.2. The normalized spacial score (nSPS) is 11.0. The van der Waals surface area contributed by atoms with E-state index in [4.69, 9.17) is 27.9 Å². The molecule has 2 heterocycles. The van der Waals surface area contributed by atoms with Crippen molar-refractivity contribution in [2.45, 2.75) is 20.0 Å². The van der Waals surface area contributed by atoms with Crippen molar-refractivity contribution < 1.29 is 14.3 Å². The average Bonchev–Trinajstić information content (AvgIpc) is 3.32. The van der Waals surface area contributed by atoms with Gasteiger partial charge in [0, 0.05) is 47.0 Å². The number of ketones is 1. The maximum atomic E-state index is 13.3. The van der Waals surface area contributed by atoms with E-state index in [1.807, 2.05) is 55.5 Å². The van der Waals surface area contributed by atoms with E-state index in [-0.39, 0.29) is 24.7 Å². The van der Waals surface area contributed by atoms with Crippen LogP contribution in [0.5, 0.6) is 5.75 Å². The maximum absolute atomic E-state index is 13.3. The highest BCUT2D eigenvalue weighted by molar-refractivity contribution is 6.38. The van der Waals surface area contributed by atoms with Gasteiger partial charge < -0.3 is 14.2 Å². The Morgan fingerprint density at radius 1 is 0.925 bits per heavy atom. The first kappa shape index (κ1) is 27.4. The molecule has 0 aliphatic rings. The summed E-state index contributed by atoms with van der Waals surface area (Å²) in [6.07, 6.45) is 0.0842. The molecule has 8 heteroatoms. The summed E-state index contributed by atoms with van der Waals surface area (Å²) in [4.78, 5) is 32.4. The van der Waals surface area contributed by atoms with Crippen LogP contribution >= 0.6 is 23.2 Å². The molecule has 0 aliphatic carbocycles. The standard InChI is InChI=1S/C32H27Cl2N3O3/c1-20-12-13-21-10-7-11-28(31(21)35-20)40-19-24-25(33)15-17-26(30(24)34)37(3)29(38)18-23-14-16-27(36(23)2)32(39)22-8-5-4-6-9-22/h4-17H,18-19H2,1-3H3. The fraction of sp³-hybridized carbons (Fsp3) is 0.156. The summed E-state index contributed by atoms with van der Waals surface area (Å²) in [6, 6.07) is 25.7. The number of amides is 1. The number of para-hydroxylation sites is 1. The molecule has 0 bridgehead atoms. The lowest BCUT2D eigenvalue weighted by Gasteiger charge is -2.21. The number of hydrogen-bond acceptors (Lipinski definition) is 4. The molecule has 0 radical (unpaired) electrons. The third kappa shape index (κ3) is 5.46. The van der Waals surface area contributed by atoms with Crippen molar-refractivity contribution in [2.75, 3.05) is 11.9 Å². The Kier molecular flexibility index (Phi) is 7.92. The number of fused-ring (bicyclic) bond motifs is 1. The number of aryl methyl sites for hydroxylation is 1. The molecule has 2 aromatic heterocycles. The summed E-state index contributed by atoms with van der Waals surface area (Å²) in [6.45, 7) is 2.03. The second kappa shape index (κ2) is 11.5. The van der Waals surface area contributed by atoms with Crippen molar-refractivity contribution in [3.05, 3.63) is 123 Å². The number of ether oxygens (including phenoxy) is 1. The van der Waals surface area contributed by atoms with E-state index in [1.54, 1.807) is 55.1 Å². The SMILES string of the molecule is Cc1ccc2cccc(OCc3c(Cl)ccc(N(C)C(=O)Cc4ccc(C(=O)c5ccccc5)n4C)c3Cl)c2n1. The number of anilines is 1. The summed E-state index contributed by atoms with van der Waals surface area (Å²) in [5.74, 6) is 0.328. The molecule has 1 amide bonds. The van der Waals surface area contributed by atoms with Crippen LogP contribution in [0.4, 0.5) is 5.69 Å². The molecule has 0 saturated carbocycles. The minimum Gasteiger partial charge on any atom is -0.487 e. The van der Waals surface area contributed by atoms with Crippen molar-refractivity contribution in [2.24, 2.45) is 7.05 Å². The molecule has 6 nitrogen and oxygen atoms in total. The Balaban J connectivity index is 1.34. The summed E-state index contributed by atoms with van der Waals surface area (Å²) in [5, 5.41) is 1.73. The molecule has 3 aromatic carbocycles. The Hall–Kier alpha value is -4.13. The zero-order valence-corrected chi connectivity index (χ0v) is 23.8. The highest BCUT2D eigenvalue weighted by Crippen LogP contribution is 2.35. The minimum atomic E-state index is -0.190. The number of carbonyl (C=O) groups excluding carboxylic acids is 2. The number of pyridine rings is 1. The van der Waals surface area contributed by atoms with Crippen LogP contribution in [0.3, 0.4) is 0 Å². The van der Waals surface area contributed by atoms with E-state index in [2.05, 4.69) is 4.98 Å². The Morgan fingerprint density at radius 3 is 2.48 bits per heavy atom. The fourth-order valence-electron chi connectivity index (χ4n) is 4.56. The van der Waals surface area contributed by atoms with Gasteiger partial charge in [0.2, 0.25) is 11.7 Å². The molecule has 0 N–H and O–H groups in total. The van der Waals surface area contributed by atoms with Gasteiger partial charge in [0.1, 0.15) is 17.9 Å². The van der Waals surface area contributed by atoms with Gasteiger partial charge in [0.05, 0.1) is 22.8 Å². The predicted octanol–water partition coefficient (Wildman–Crippen LogP) is 7.20. The average molecular weight is 572 g/mol. The first-order valence-electron chi connectivity index (χ1n) is 12.7. The molecule has 0 spiro atoms. The van der Waals surface area contributed by atoms with Gasteiger partial charge in [-0.2, -0.15) is 0 Å². The van der Waals surface area contributed by atoms with E-state index in [9.17, 15) is 9.59 Å². The number of nitrogens with zero attached hydrogens (tertiary/aromatic N) is 3. The van der Waals surface area contributed by atoms with Gasteiger partial charge in [0.15, 0.2) is 0 Å². The molecule has 5 aromatic rings. The molecule has 0 unspecified atom stereocenters. The highest BCUT2D eigenvalue weighted by Gasteiger charge is 2.21. The number of benzene rings is 3. The van der Waals surface area contributed by atoms with Crippen molar-refractivity contribution in [1.29, 1.82) is 0 Å². The van der Waals surface area contributed by atoms with E-state index in [1.165, 1.54) is 4.90 Å². The molecular weight excluding hydrogens is 545 g/mol. The van der Waals surface area contributed by atoms with Gasteiger partial charge in [0.25, 0.3) is 0 Å². The van der Waals surface area contributed by atoms with Crippen molar-refractivity contribution in [3.8, 4) is 5.75 Å². The fourth-order valence-corrected chi connectivity index (χ4v) is 5.17. The number of aromatic nitrogens is 2.